The second-order valence-electron chi connectivity index (χ2n) is 5.22. The maximum Gasteiger partial charge on any atom is 0.167 e. The van der Waals surface area contributed by atoms with E-state index < -0.39 is 0 Å². The molecule has 0 fully saturated rings. The number of benzene rings is 1. The fourth-order valence-electron chi connectivity index (χ4n) is 2.61. The number of nitrogens with zero attached hydrogens (tertiary/aromatic N) is 2. The van der Waals surface area contributed by atoms with Crippen LogP contribution in [0.4, 0.5) is 5.82 Å². The molecule has 0 aliphatic carbocycles. The number of carbonyl (C=O) groups is 1. The number of rotatable bonds is 5. The Labute approximate surface area is 133 Å². The predicted octanol–water partition coefficient (Wildman–Crippen LogP) is 3.17. The second kappa shape index (κ2) is 6.38. The minimum atomic E-state index is 0.0290. The van der Waals surface area contributed by atoms with Crippen LogP contribution < -0.4 is 0 Å². The number of aromatic nitrogens is 1. The molecule has 0 saturated carbocycles. The lowest BCUT2D eigenvalue weighted by molar-refractivity contribution is 0.0992. The number of halogens is 1. The van der Waals surface area contributed by atoms with Crippen molar-refractivity contribution in [2.75, 3.05) is 6.61 Å². The summed E-state index contributed by atoms with van der Waals surface area (Å²) < 4.78 is 0. The van der Waals surface area contributed by atoms with Crippen molar-refractivity contribution in [2.24, 2.45) is 4.99 Å². The number of Topliss-reactive ketones (excluding diaryl/α,β-unsaturated/α-hetero) is 1. The Balaban J connectivity index is 1.83. The summed E-state index contributed by atoms with van der Waals surface area (Å²) in [5.41, 5.74) is 3.27. The van der Waals surface area contributed by atoms with E-state index >= 15 is 0 Å². The fraction of sp³-hybridized carbons (Fsp3) is 0.235. The molecule has 0 bridgehead atoms. The van der Waals surface area contributed by atoms with Gasteiger partial charge in [0.05, 0.1) is 0 Å². The zero-order valence-electron chi connectivity index (χ0n) is 11.9. The molecule has 3 rings (SSSR count). The molecule has 0 atom stereocenters. The number of pyridine rings is 1. The average molecular weight is 315 g/mol. The lowest BCUT2D eigenvalue weighted by Gasteiger charge is -2.06. The molecule has 1 aliphatic rings. The number of ketones is 1. The minimum absolute atomic E-state index is 0.0290. The molecule has 22 heavy (non-hydrogen) atoms. The van der Waals surface area contributed by atoms with E-state index in [9.17, 15) is 4.79 Å². The maximum atomic E-state index is 12.6. The highest BCUT2D eigenvalue weighted by Crippen LogP contribution is 2.29. The van der Waals surface area contributed by atoms with Crippen LogP contribution in [0, 0.1) is 0 Å². The number of hydrogen-bond acceptors (Lipinski definition) is 4. The van der Waals surface area contributed by atoms with E-state index in [4.69, 9.17) is 16.7 Å². The summed E-state index contributed by atoms with van der Waals surface area (Å²) in [5, 5.41) is 9.65. The van der Waals surface area contributed by atoms with Gasteiger partial charge in [0.1, 0.15) is 0 Å². The Bertz CT molecular complexity index is 756. The van der Waals surface area contributed by atoms with Crippen LogP contribution in [0.1, 0.15) is 27.9 Å². The van der Waals surface area contributed by atoms with Gasteiger partial charge in [0.25, 0.3) is 0 Å². The van der Waals surface area contributed by atoms with Gasteiger partial charge in [-0.2, -0.15) is 0 Å². The summed E-state index contributed by atoms with van der Waals surface area (Å²) in [6, 6.07) is 9.05. The lowest BCUT2D eigenvalue weighted by atomic mass is 9.97. The van der Waals surface area contributed by atoms with Crippen LogP contribution in [0.2, 0.25) is 5.02 Å². The van der Waals surface area contributed by atoms with Gasteiger partial charge in [0.15, 0.2) is 11.6 Å². The van der Waals surface area contributed by atoms with Crippen LogP contribution in [0.25, 0.3) is 0 Å². The molecule has 0 radical (unpaired) electrons. The predicted molar refractivity (Wildman–Crippen MR) is 86.2 cm³/mol. The molecule has 4 nitrogen and oxygen atoms in total. The molecular formula is C17H15ClN2O2. The third-order valence-electron chi connectivity index (χ3n) is 3.63. The number of hydrogen-bond donors (Lipinski definition) is 1. The van der Waals surface area contributed by atoms with Crippen LogP contribution >= 0.6 is 11.6 Å². The Morgan fingerprint density at radius 2 is 2.18 bits per heavy atom. The first-order valence-electron chi connectivity index (χ1n) is 7.10. The maximum absolute atomic E-state index is 12.6. The number of aliphatic hydroxyl groups is 1. The molecule has 5 heteroatoms. The quantitative estimate of drug-likeness (QED) is 0.862. The van der Waals surface area contributed by atoms with Crippen molar-refractivity contribution in [3.05, 3.63) is 58.2 Å². The Kier molecular flexibility index (Phi) is 4.32. The van der Waals surface area contributed by atoms with Crippen LogP contribution in [0.3, 0.4) is 0 Å². The van der Waals surface area contributed by atoms with Gasteiger partial charge in [-0.05, 0) is 23.8 Å². The highest BCUT2D eigenvalue weighted by molar-refractivity contribution is 6.30. The van der Waals surface area contributed by atoms with Crippen molar-refractivity contribution in [3.63, 3.8) is 0 Å². The van der Waals surface area contributed by atoms with Crippen molar-refractivity contribution >= 4 is 28.9 Å². The molecule has 112 valence electrons. The molecule has 2 aromatic rings. The summed E-state index contributed by atoms with van der Waals surface area (Å²) in [6.45, 7) is 0.0542. The molecular weight excluding hydrogens is 300 g/mol. The summed E-state index contributed by atoms with van der Waals surface area (Å²) in [6.07, 6.45) is 3.00. The molecule has 1 N–H and O–H groups in total. The van der Waals surface area contributed by atoms with Crippen molar-refractivity contribution in [3.8, 4) is 0 Å². The van der Waals surface area contributed by atoms with E-state index in [-0.39, 0.29) is 12.4 Å². The first-order chi connectivity index (χ1) is 10.7. The Hall–Kier alpha value is -2.04. The van der Waals surface area contributed by atoms with E-state index in [0.717, 1.165) is 16.8 Å². The van der Waals surface area contributed by atoms with Gasteiger partial charge in [0, 0.05) is 53.9 Å². The highest BCUT2D eigenvalue weighted by atomic mass is 35.5. The highest BCUT2D eigenvalue weighted by Gasteiger charge is 2.22. The Morgan fingerprint density at radius 1 is 1.32 bits per heavy atom. The standard InChI is InChI=1S/C17H15ClN2O2/c18-12-3-1-2-11(8-12)9-16(22)14-4-6-19-17-15(14)10-13(20-17)5-7-21/h1-4,6,8,21H,5,7,9-10H2. The third kappa shape index (κ3) is 3.08. The van der Waals surface area contributed by atoms with Gasteiger partial charge in [-0.1, -0.05) is 23.7 Å². The molecule has 2 heterocycles. The largest absolute Gasteiger partial charge is 0.396 e. The fourth-order valence-corrected chi connectivity index (χ4v) is 2.82. The van der Waals surface area contributed by atoms with Gasteiger partial charge in [0.2, 0.25) is 0 Å². The lowest BCUT2D eigenvalue weighted by Crippen LogP contribution is -2.09. The smallest absolute Gasteiger partial charge is 0.167 e. The monoisotopic (exact) mass is 314 g/mol. The van der Waals surface area contributed by atoms with Crippen LogP contribution in [-0.2, 0) is 12.8 Å². The van der Waals surface area contributed by atoms with Gasteiger partial charge in [-0.15, -0.1) is 0 Å². The molecule has 0 amide bonds. The molecule has 1 aliphatic heterocycles. The van der Waals surface area contributed by atoms with Gasteiger partial charge >= 0.3 is 0 Å². The summed E-state index contributed by atoms with van der Waals surface area (Å²) in [4.78, 5) is 21.2. The van der Waals surface area contributed by atoms with Crippen molar-refractivity contribution in [1.29, 1.82) is 0 Å². The zero-order chi connectivity index (χ0) is 15.5. The number of aliphatic imine (C=N–C) groups is 1. The van der Waals surface area contributed by atoms with E-state index in [1.54, 1.807) is 24.4 Å². The average Bonchev–Trinajstić information content (AvgIpc) is 2.89. The Morgan fingerprint density at radius 3 is 2.95 bits per heavy atom. The summed E-state index contributed by atoms with van der Waals surface area (Å²) in [7, 11) is 0. The molecule has 1 aromatic carbocycles. The van der Waals surface area contributed by atoms with Crippen LogP contribution in [0.15, 0.2) is 41.5 Å². The van der Waals surface area contributed by atoms with E-state index in [1.165, 1.54) is 0 Å². The normalized spacial score (nSPS) is 12.9. The van der Waals surface area contributed by atoms with Crippen molar-refractivity contribution in [2.45, 2.75) is 19.3 Å². The van der Waals surface area contributed by atoms with E-state index in [2.05, 4.69) is 9.98 Å². The first-order valence-corrected chi connectivity index (χ1v) is 7.48. The van der Waals surface area contributed by atoms with Gasteiger partial charge in [-0.25, -0.2) is 9.98 Å². The SMILES string of the molecule is O=C(Cc1cccc(Cl)c1)c1ccnc2c1CC(CCO)=N2. The second-order valence-corrected chi connectivity index (χ2v) is 5.66. The zero-order valence-corrected chi connectivity index (χ0v) is 12.7. The minimum Gasteiger partial charge on any atom is -0.396 e. The van der Waals surface area contributed by atoms with Crippen molar-refractivity contribution in [1.82, 2.24) is 4.98 Å². The van der Waals surface area contributed by atoms with Crippen molar-refractivity contribution < 1.29 is 9.90 Å². The topological polar surface area (TPSA) is 62.5 Å². The number of aliphatic hydroxyl groups excluding tert-OH is 1. The van der Waals surface area contributed by atoms with Gasteiger partial charge < -0.3 is 5.11 Å². The first kappa shape index (κ1) is 14.9. The van der Waals surface area contributed by atoms with Crippen LogP contribution in [-0.4, -0.2) is 28.2 Å². The number of carbonyl (C=O) groups excluding carboxylic acids is 1. The third-order valence-corrected chi connectivity index (χ3v) is 3.87. The molecule has 0 saturated heterocycles. The van der Waals surface area contributed by atoms with E-state index in [0.29, 0.717) is 35.7 Å². The molecule has 0 unspecified atom stereocenters. The number of fused-ring (bicyclic) bond motifs is 1. The summed E-state index contributed by atoms with van der Waals surface area (Å²) >= 11 is 5.96. The molecule has 1 aromatic heterocycles. The van der Waals surface area contributed by atoms with Gasteiger partial charge in [-0.3, -0.25) is 4.79 Å². The van der Waals surface area contributed by atoms with E-state index in [1.807, 2.05) is 12.1 Å². The molecule has 0 spiro atoms. The summed E-state index contributed by atoms with van der Waals surface area (Å²) in [5.74, 6) is 0.627. The van der Waals surface area contributed by atoms with Crippen LogP contribution in [0.5, 0.6) is 0 Å².